The number of hydrogen-bond acceptors (Lipinski definition) is 3. The van der Waals surface area contributed by atoms with Crippen LogP contribution in [0.25, 0.3) is 10.9 Å². The van der Waals surface area contributed by atoms with E-state index in [-0.39, 0.29) is 12.5 Å². The average Bonchev–Trinajstić information content (AvgIpc) is 2.91. The van der Waals surface area contributed by atoms with E-state index in [4.69, 9.17) is 11.6 Å². The summed E-state index contributed by atoms with van der Waals surface area (Å²) in [5.41, 5.74) is 2.39. The number of anilines is 1. The van der Waals surface area contributed by atoms with Gasteiger partial charge in [0.1, 0.15) is 6.54 Å². The maximum absolute atomic E-state index is 12.2. The Balaban J connectivity index is 2.78. The van der Waals surface area contributed by atoms with Crippen LogP contribution in [0.5, 0.6) is 0 Å². The van der Waals surface area contributed by atoms with E-state index in [0.717, 1.165) is 32.1 Å². The normalized spacial score (nSPS) is 12.0. The summed E-state index contributed by atoms with van der Waals surface area (Å²) in [5.74, 6) is -0.986. The molecule has 0 aliphatic rings. The van der Waals surface area contributed by atoms with Crippen LogP contribution in [-0.4, -0.2) is 28.1 Å². The first-order valence-corrected chi connectivity index (χ1v) is 10.4. The highest BCUT2D eigenvalue weighted by Crippen LogP contribution is 2.43. The van der Waals surface area contributed by atoms with Gasteiger partial charge >= 0.3 is 5.97 Å². The van der Waals surface area contributed by atoms with E-state index in [1.807, 2.05) is 51.1 Å². The number of nitrogens with zero attached hydrogens (tertiary/aromatic N) is 2. The van der Waals surface area contributed by atoms with Gasteiger partial charge in [0.05, 0.1) is 11.2 Å². The van der Waals surface area contributed by atoms with Gasteiger partial charge in [-0.3, -0.25) is 9.59 Å². The average molecular weight is 433 g/mol. The lowest BCUT2D eigenvalue weighted by atomic mass is 10.2. The number of benzene rings is 1. The van der Waals surface area contributed by atoms with Gasteiger partial charge in [0.15, 0.2) is 0 Å². The molecule has 0 spiro atoms. The summed E-state index contributed by atoms with van der Waals surface area (Å²) in [6.45, 7) is 11.3. The van der Waals surface area contributed by atoms with Gasteiger partial charge in [-0.2, -0.15) is 0 Å². The fraction of sp³-hybridized carbons (Fsp3) is 0.273. The van der Waals surface area contributed by atoms with Gasteiger partial charge < -0.3 is 14.6 Å². The number of allylic oxidation sites excluding steroid dienone is 4. The molecule has 0 fully saturated rings. The number of carboxylic acids is 1. The number of hydrogen-bond donors (Lipinski definition) is 1. The Hall–Kier alpha value is -2.44. The van der Waals surface area contributed by atoms with Crippen molar-refractivity contribution in [3.8, 4) is 0 Å². The lowest BCUT2D eigenvalue weighted by molar-refractivity contribution is -0.137. The Morgan fingerprint density at radius 3 is 2.55 bits per heavy atom. The lowest BCUT2D eigenvalue weighted by Gasteiger charge is -2.21. The van der Waals surface area contributed by atoms with Gasteiger partial charge in [-0.25, -0.2) is 0 Å². The minimum absolute atomic E-state index is 0.0656. The molecule has 2 aromatic rings. The standard InChI is InChI=1S/C22H25ClN2O3S/c1-6-17(12-11-14(3)23)29-22-15(4)25(13-20(27)28)19-10-8-9-18(21(19)22)24(7-2)16(5)26/h6,8-12H,3,7,13H2,1-2,4-5H3,(H,27,28)/b12-11-,17-6+. The van der Waals surface area contributed by atoms with Crippen molar-refractivity contribution < 1.29 is 14.7 Å². The smallest absolute Gasteiger partial charge is 0.323 e. The van der Waals surface area contributed by atoms with Gasteiger partial charge in [0, 0.05) is 39.4 Å². The fourth-order valence-corrected chi connectivity index (χ4v) is 4.32. The molecule has 0 saturated carbocycles. The van der Waals surface area contributed by atoms with Gasteiger partial charge in [0.2, 0.25) is 5.91 Å². The third-order valence-electron chi connectivity index (χ3n) is 4.49. The van der Waals surface area contributed by atoms with Crippen molar-refractivity contribution in [2.75, 3.05) is 11.4 Å². The number of thioether (sulfide) groups is 1. The molecule has 0 unspecified atom stereocenters. The molecule has 0 aliphatic heterocycles. The summed E-state index contributed by atoms with van der Waals surface area (Å²) in [6, 6.07) is 5.63. The predicted octanol–water partition coefficient (Wildman–Crippen LogP) is 5.71. The second-order valence-electron chi connectivity index (χ2n) is 6.40. The fourth-order valence-electron chi connectivity index (χ4n) is 3.20. The van der Waals surface area contributed by atoms with E-state index < -0.39 is 5.97 Å². The number of halogens is 1. The Labute approximate surface area is 180 Å². The van der Waals surface area contributed by atoms with E-state index in [1.54, 1.807) is 15.5 Å². The van der Waals surface area contributed by atoms with Crippen LogP contribution in [0.4, 0.5) is 5.69 Å². The van der Waals surface area contributed by atoms with Gasteiger partial charge in [-0.15, -0.1) is 0 Å². The number of carboxylic acid groups (broad SMARTS) is 1. The number of carbonyl (C=O) groups excluding carboxylic acids is 1. The first kappa shape index (κ1) is 22.8. The predicted molar refractivity (Wildman–Crippen MR) is 122 cm³/mol. The van der Waals surface area contributed by atoms with Crippen LogP contribution < -0.4 is 4.90 Å². The van der Waals surface area contributed by atoms with Crippen LogP contribution in [0.1, 0.15) is 26.5 Å². The Morgan fingerprint density at radius 2 is 2.03 bits per heavy atom. The monoisotopic (exact) mass is 432 g/mol. The molecule has 0 aliphatic carbocycles. The Kier molecular flexibility index (Phi) is 7.76. The summed E-state index contributed by atoms with van der Waals surface area (Å²) < 4.78 is 1.77. The van der Waals surface area contributed by atoms with Crippen LogP contribution in [0.15, 0.2) is 57.8 Å². The zero-order chi connectivity index (χ0) is 21.7. The molecule has 0 bridgehead atoms. The molecule has 0 radical (unpaired) electrons. The Bertz CT molecular complexity index is 1020. The lowest BCUT2D eigenvalue weighted by Crippen LogP contribution is -2.28. The first-order chi connectivity index (χ1) is 13.7. The molecule has 1 aromatic heterocycles. The number of amides is 1. The van der Waals surface area contributed by atoms with E-state index in [0.29, 0.717) is 11.6 Å². The highest BCUT2D eigenvalue weighted by molar-refractivity contribution is 8.03. The zero-order valence-corrected chi connectivity index (χ0v) is 18.6. The molecule has 29 heavy (non-hydrogen) atoms. The van der Waals surface area contributed by atoms with Crippen molar-refractivity contribution in [2.45, 2.75) is 39.1 Å². The molecule has 1 aromatic carbocycles. The zero-order valence-electron chi connectivity index (χ0n) is 17.0. The Morgan fingerprint density at radius 1 is 1.34 bits per heavy atom. The van der Waals surface area contributed by atoms with Crippen molar-refractivity contribution >= 4 is 51.8 Å². The van der Waals surface area contributed by atoms with Gasteiger partial charge in [-0.1, -0.05) is 42.1 Å². The van der Waals surface area contributed by atoms with E-state index in [1.165, 1.54) is 18.7 Å². The number of aromatic nitrogens is 1. The molecule has 0 saturated heterocycles. The highest BCUT2D eigenvalue weighted by atomic mass is 35.5. The van der Waals surface area contributed by atoms with Crippen molar-refractivity contribution in [2.24, 2.45) is 0 Å². The summed E-state index contributed by atoms with van der Waals surface area (Å²) in [5, 5.41) is 10.7. The number of rotatable bonds is 8. The maximum atomic E-state index is 12.2. The molecule has 7 heteroatoms. The number of aliphatic carboxylic acids is 1. The minimum Gasteiger partial charge on any atom is -0.480 e. The van der Waals surface area contributed by atoms with Crippen LogP contribution >= 0.6 is 23.4 Å². The molecule has 1 N–H and O–H groups in total. The number of fused-ring (bicyclic) bond motifs is 1. The molecule has 154 valence electrons. The first-order valence-electron chi connectivity index (χ1n) is 9.19. The SMILES string of the molecule is C=C(Cl)/C=C\C(=C/C)Sc1c(C)n(CC(=O)O)c2cccc(N(CC)C(C)=O)c12. The molecule has 1 heterocycles. The quantitative estimate of drug-likeness (QED) is 0.428. The van der Waals surface area contributed by atoms with Crippen LogP contribution in [0.2, 0.25) is 0 Å². The van der Waals surface area contributed by atoms with E-state index >= 15 is 0 Å². The van der Waals surface area contributed by atoms with Crippen molar-refractivity contribution in [1.82, 2.24) is 4.57 Å². The van der Waals surface area contributed by atoms with Crippen LogP contribution in [-0.2, 0) is 16.1 Å². The van der Waals surface area contributed by atoms with Gasteiger partial charge in [0.25, 0.3) is 0 Å². The molecule has 1 amide bonds. The molecule has 5 nitrogen and oxygen atoms in total. The topological polar surface area (TPSA) is 62.5 Å². The van der Waals surface area contributed by atoms with Gasteiger partial charge in [-0.05, 0) is 45.1 Å². The van der Waals surface area contributed by atoms with Crippen LogP contribution in [0.3, 0.4) is 0 Å². The summed E-state index contributed by atoms with van der Waals surface area (Å²) in [6.07, 6.45) is 5.53. The number of carbonyl (C=O) groups is 2. The van der Waals surface area contributed by atoms with E-state index in [9.17, 15) is 14.7 Å². The second-order valence-corrected chi connectivity index (χ2v) is 7.97. The van der Waals surface area contributed by atoms with Crippen molar-refractivity contribution in [3.05, 3.63) is 58.6 Å². The van der Waals surface area contributed by atoms with Crippen molar-refractivity contribution in [3.63, 3.8) is 0 Å². The molecular formula is C22H25ClN2O3S. The summed E-state index contributed by atoms with van der Waals surface area (Å²) in [7, 11) is 0. The third-order valence-corrected chi connectivity index (χ3v) is 5.92. The summed E-state index contributed by atoms with van der Waals surface area (Å²) in [4.78, 5) is 27.2. The highest BCUT2D eigenvalue weighted by Gasteiger charge is 2.22. The van der Waals surface area contributed by atoms with Crippen molar-refractivity contribution in [1.29, 1.82) is 0 Å². The van der Waals surface area contributed by atoms with E-state index in [2.05, 4.69) is 6.58 Å². The molecule has 0 atom stereocenters. The molecule has 2 rings (SSSR count). The largest absolute Gasteiger partial charge is 0.480 e. The minimum atomic E-state index is -0.921. The summed E-state index contributed by atoms with van der Waals surface area (Å²) >= 11 is 7.37. The molecular weight excluding hydrogens is 408 g/mol. The maximum Gasteiger partial charge on any atom is 0.323 e. The van der Waals surface area contributed by atoms with Crippen LogP contribution in [0, 0.1) is 6.92 Å². The third kappa shape index (κ3) is 5.14. The second kappa shape index (κ2) is 9.85.